The average molecular weight is 367 g/mol. The Balaban J connectivity index is 1.87. The molecule has 1 aliphatic heterocycles. The van der Waals surface area contributed by atoms with Gasteiger partial charge >= 0.3 is 0 Å². The highest BCUT2D eigenvalue weighted by molar-refractivity contribution is 7.10. The highest BCUT2D eigenvalue weighted by Gasteiger charge is 2.37. The van der Waals surface area contributed by atoms with E-state index in [9.17, 15) is 5.26 Å². The standard InChI is InChI=1S/C20H18N2OS2/c1-12-8-13(10-14-4-2-6-24-14)19-15(9-12)18(17-5-3-7-25-17)16(11-21)20(22)23-19/h2-7,10,12,18H,8-9,22H2,1H3/b13-10+/t12-,18+/m1/s1. The molecule has 0 aromatic carbocycles. The molecule has 0 saturated carbocycles. The van der Waals surface area contributed by atoms with E-state index >= 15 is 0 Å². The molecule has 0 radical (unpaired) electrons. The van der Waals surface area contributed by atoms with E-state index in [0.29, 0.717) is 11.5 Å². The Labute approximate surface area is 155 Å². The summed E-state index contributed by atoms with van der Waals surface area (Å²) in [4.78, 5) is 2.36. The molecule has 126 valence electrons. The number of thiophene rings is 2. The molecular formula is C20H18N2OS2. The minimum absolute atomic E-state index is 0.0803. The zero-order valence-corrected chi connectivity index (χ0v) is 15.5. The third kappa shape index (κ3) is 2.92. The first-order valence-corrected chi connectivity index (χ1v) is 10.0. The summed E-state index contributed by atoms with van der Waals surface area (Å²) >= 11 is 3.38. The van der Waals surface area contributed by atoms with Crippen molar-refractivity contribution < 1.29 is 4.74 Å². The van der Waals surface area contributed by atoms with Gasteiger partial charge in [-0.25, -0.2) is 0 Å². The second-order valence-corrected chi connectivity index (χ2v) is 8.45. The lowest BCUT2D eigenvalue weighted by Crippen LogP contribution is -2.25. The van der Waals surface area contributed by atoms with Crippen LogP contribution in [-0.2, 0) is 4.74 Å². The van der Waals surface area contributed by atoms with Crippen molar-refractivity contribution in [3.63, 3.8) is 0 Å². The van der Waals surface area contributed by atoms with Crippen molar-refractivity contribution in [1.29, 1.82) is 5.26 Å². The number of nitrogens with two attached hydrogens (primary N) is 1. The number of rotatable bonds is 2. The quantitative estimate of drug-likeness (QED) is 0.776. The Morgan fingerprint density at radius 1 is 1.24 bits per heavy atom. The van der Waals surface area contributed by atoms with Gasteiger partial charge in [-0.1, -0.05) is 19.1 Å². The van der Waals surface area contributed by atoms with Crippen LogP contribution >= 0.6 is 22.7 Å². The molecule has 5 heteroatoms. The second kappa shape index (κ2) is 6.55. The predicted molar refractivity (Wildman–Crippen MR) is 103 cm³/mol. The van der Waals surface area contributed by atoms with Crippen LogP contribution < -0.4 is 5.73 Å². The molecule has 2 atom stereocenters. The molecule has 25 heavy (non-hydrogen) atoms. The van der Waals surface area contributed by atoms with E-state index < -0.39 is 0 Å². The topological polar surface area (TPSA) is 59.0 Å². The molecule has 2 N–H and O–H groups in total. The minimum atomic E-state index is -0.0803. The zero-order valence-electron chi connectivity index (χ0n) is 13.9. The monoisotopic (exact) mass is 366 g/mol. The smallest absolute Gasteiger partial charge is 0.205 e. The third-order valence-electron chi connectivity index (χ3n) is 4.64. The van der Waals surface area contributed by atoms with Crippen LogP contribution in [0.25, 0.3) is 6.08 Å². The van der Waals surface area contributed by atoms with Crippen LogP contribution in [0.2, 0.25) is 0 Å². The van der Waals surface area contributed by atoms with Gasteiger partial charge in [0.2, 0.25) is 5.88 Å². The Hall–Kier alpha value is -2.29. The summed E-state index contributed by atoms with van der Waals surface area (Å²) < 4.78 is 5.99. The molecule has 0 unspecified atom stereocenters. The van der Waals surface area contributed by atoms with Gasteiger partial charge in [-0.15, -0.1) is 22.7 Å². The lowest BCUT2D eigenvalue weighted by Gasteiger charge is -2.35. The maximum atomic E-state index is 9.66. The maximum Gasteiger partial charge on any atom is 0.205 e. The maximum absolute atomic E-state index is 9.66. The van der Waals surface area contributed by atoms with Crippen molar-refractivity contribution in [2.24, 2.45) is 11.7 Å². The summed E-state index contributed by atoms with van der Waals surface area (Å²) in [6.07, 6.45) is 4.09. The van der Waals surface area contributed by atoms with Crippen molar-refractivity contribution in [3.05, 3.63) is 73.1 Å². The minimum Gasteiger partial charge on any atom is -0.440 e. The molecule has 3 heterocycles. The Bertz CT molecular complexity index is 912. The van der Waals surface area contributed by atoms with Gasteiger partial charge in [0.25, 0.3) is 0 Å². The fraction of sp³-hybridized carbons (Fsp3) is 0.250. The lowest BCUT2D eigenvalue weighted by atomic mass is 9.76. The van der Waals surface area contributed by atoms with Gasteiger partial charge in [0.1, 0.15) is 17.4 Å². The van der Waals surface area contributed by atoms with E-state index in [-0.39, 0.29) is 11.8 Å². The zero-order chi connectivity index (χ0) is 17.4. The molecule has 2 aliphatic rings. The fourth-order valence-electron chi connectivity index (χ4n) is 3.63. The van der Waals surface area contributed by atoms with E-state index in [0.717, 1.165) is 23.5 Å². The largest absolute Gasteiger partial charge is 0.440 e. The van der Waals surface area contributed by atoms with E-state index in [1.54, 1.807) is 22.7 Å². The van der Waals surface area contributed by atoms with Gasteiger partial charge in [0.05, 0.1) is 5.92 Å². The van der Waals surface area contributed by atoms with E-state index in [4.69, 9.17) is 10.5 Å². The first-order chi connectivity index (χ1) is 12.2. The van der Waals surface area contributed by atoms with Crippen molar-refractivity contribution in [1.82, 2.24) is 0 Å². The SMILES string of the molecule is C[C@H]1CC2=C(OC(N)=C(C#N)[C@H]2c2cccs2)/C(=C/c2cccs2)C1. The summed E-state index contributed by atoms with van der Waals surface area (Å²) in [5.41, 5.74) is 9.05. The Kier molecular flexibility index (Phi) is 4.24. The van der Waals surface area contributed by atoms with E-state index in [2.05, 4.69) is 42.6 Å². The normalized spacial score (nSPS) is 24.9. The van der Waals surface area contributed by atoms with Gasteiger partial charge in [-0.05, 0) is 58.9 Å². The van der Waals surface area contributed by atoms with Gasteiger partial charge in [0.15, 0.2) is 0 Å². The van der Waals surface area contributed by atoms with Crippen LogP contribution in [0.1, 0.15) is 35.4 Å². The highest BCUT2D eigenvalue weighted by atomic mass is 32.1. The summed E-state index contributed by atoms with van der Waals surface area (Å²) in [5, 5.41) is 13.8. The molecule has 0 bridgehead atoms. The van der Waals surface area contributed by atoms with Crippen LogP contribution in [0, 0.1) is 17.2 Å². The van der Waals surface area contributed by atoms with Gasteiger partial charge in [-0.3, -0.25) is 0 Å². The molecule has 2 aromatic heterocycles. The van der Waals surface area contributed by atoms with Gasteiger partial charge in [0, 0.05) is 9.75 Å². The first kappa shape index (κ1) is 16.2. The summed E-state index contributed by atoms with van der Waals surface area (Å²) in [6.45, 7) is 2.26. The van der Waals surface area contributed by atoms with E-state index in [1.807, 2.05) is 11.4 Å². The molecule has 0 fully saturated rings. The summed E-state index contributed by atoms with van der Waals surface area (Å²) in [5.74, 6) is 1.55. The highest BCUT2D eigenvalue weighted by Crippen LogP contribution is 2.49. The number of nitrogens with zero attached hydrogens (tertiary/aromatic N) is 1. The molecule has 1 aliphatic carbocycles. The van der Waals surface area contributed by atoms with Gasteiger partial charge < -0.3 is 10.5 Å². The molecular weight excluding hydrogens is 348 g/mol. The number of hydrogen-bond donors (Lipinski definition) is 1. The number of allylic oxidation sites excluding steroid dienone is 3. The number of nitriles is 1. The Morgan fingerprint density at radius 3 is 2.72 bits per heavy atom. The van der Waals surface area contributed by atoms with Crippen LogP contribution in [-0.4, -0.2) is 0 Å². The number of hydrogen-bond acceptors (Lipinski definition) is 5. The van der Waals surface area contributed by atoms with E-state index in [1.165, 1.54) is 16.0 Å². The van der Waals surface area contributed by atoms with Crippen LogP contribution in [0.3, 0.4) is 0 Å². The van der Waals surface area contributed by atoms with Gasteiger partial charge in [-0.2, -0.15) is 5.26 Å². The first-order valence-electron chi connectivity index (χ1n) is 8.26. The van der Waals surface area contributed by atoms with Crippen LogP contribution in [0.4, 0.5) is 0 Å². The molecule has 3 nitrogen and oxygen atoms in total. The average Bonchev–Trinajstić information content (AvgIpc) is 3.28. The second-order valence-electron chi connectivity index (χ2n) is 6.49. The lowest BCUT2D eigenvalue weighted by molar-refractivity contribution is 0.269. The third-order valence-corrected chi connectivity index (χ3v) is 6.40. The number of ether oxygens (including phenoxy) is 1. The predicted octanol–water partition coefficient (Wildman–Crippen LogP) is 5.38. The fourth-order valence-corrected chi connectivity index (χ4v) is 5.18. The van der Waals surface area contributed by atoms with Crippen molar-refractivity contribution in [2.45, 2.75) is 25.7 Å². The molecule has 0 spiro atoms. The van der Waals surface area contributed by atoms with Crippen LogP contribution in [0.5, 0.6) is 0 Å². The molecule has 2 aromatic rings. The van der Waals surface area contributed by atoms with Crippen LogP contribution in [0.15, 0.2) is 63.4 Å². The van der Waals surface area contributed by atoms with Crippen molar-refractivity contribution >= 4 is 28.7 Å². The Morgan fingerprint density at radius 2 is 2.04 bits per heavy atom. The van der Waals surface area contributed by atoms with Crippen molar-refractivity contribution in [3.8, 4) is 6.07 Å². The molecule has 0 saturated heterocycles. The van der Waals surface area contributed by atoms with Crippen molar-refractivity contribution in [2.75, 3.05) is 0 Å². The molecule has 4 rings (SSSR count). The summed E-state index contributed by atoms with van der Waals surface area (Å²) in [7, 11) is 0. The summed E-state index contributed by atoms with van der Waals surface area (Å²) in [6, 6.07) is 10.5. The molecule has 0 amide bonds.